The number of ether oxygens (including phenoxy) is 1. The SMILES string of the molecule is CSCc1noc(COc2cc(C)cc3oc(=O)c(C)c(C)c23)n1. The number of aryl methyl sites for hydroxylation is 2. The lowest BCUT2D eigenvalue weighted by Crippen LogP contribution is -2.07. The predicted octanol–water partition coefficient (Wildman–Crippen LogP) is 3.54. The molecular weight excluding hydrogens is 328 g/mol. The third-order valence-electron chi connectivity index (χ3n) is 3.79. The number of fused-ring (bicyclic) bond motifs is 1. The first-order chi connectivity index (χ1) is 11.5. The zero-order chi connectivity index (χ0) is 17.3. The Balaban J connectivity index is 1.96. The first kappa shape index (κ1) is 16.6. The molecule has 3 rings (SSSR count). The summed E-state index contributed by atoms with van der Waals surface area (Å²) in [5.74, 6) is 2.40. The minimum atomic E-state index is -0.324. The molecule has 0 spiro atoms. The number of nitrogens with zero attached hydrogens (tertiary/aromatic N) is 2. The van der Waals surface area contributed by atoms with Gasteiger partial charge in [-0.05, 0) is 50.3 Å². The van der Waals surface area contributed by atoms with Gasteiger partial charge in [-0.3, -0.25) is 0 Å². The van der Waals surface area contributed by atoms with Crippen molar-refractivity contribution < 1.29 is 13.7 Å². The predicted molar refractivity (Wildman–Crippen MR) is 92.5 cm³/mol. The maximum absolute atomic E-state index is 11.9. The van der Waals surface area contributed by atoms with Crippen molar-refractivity contribution in [2.75, 3.05) is 6.26 Å². The van der Waals surface area contributed by atoms with Crippen molar-refractivity contribution in [2.45, 2.75) is 33.1 Å². The molecule has 2 heterocycles. The van der Waals surface area contributed by atoms with E-state index < -0.39 is 0 Å². The highest BCUT2D eigenvalue weighted by Gasteiger charge is 2.15. The van der Waals surface area contributed by atoms with Crippen LogP contribution in [-0.2, 0) is 12.4 Å². The molecule has 0 amide bonds. The van der Waals surface area contributed by atoms with Crippen LogP contribution in [-0.4, -0.2) is 16.4 Å². The summed E-state index contributed by atoms with van der Waals surface area (Å²) in [5, 5.41) is 4.69. The quantitative estimate of drug-likeness (QED) is 0.654. The molecule has 24 heavy (non-hydrogen) atoms. The third kappa shape index (κ3) is 3.17. The molecule has 0 N–H and O–H groups in total. The van der Waals surface area contributed by atoms with E-state index in [2.05, 4.69) is 10.1 Å². The molecule has 0 aliphatic heterocycles. The molecule has 2 aromatic heterocycles. The fourth-order valence-electron chi connectivity index (χ4n) is 2.48. The minimum Gasteiger partial charge on any atom is -0.483 e. The summed E-state index contributed by atoms with van der Waals surface area (Å²) >= 11 is 1.62. The van der Waals surface area contributed by atoms with E-state index >= 15 is 0 Å². The van der Waals surface area contributed by atoms with Crippen molar-refractivity contribution in [3.05, 3.63) is 51.0 Å². The van der Waals surface area contributed by atoms with Gasteiger partial charge in [0, 0.05) is 5.56 Å². The van der Waals surface area contributed by atoms with Crippen LogP contribution < -0.4 is 10.4 Å². The van der Waals surface area contributed by atoms with E-state index in [-0.39, 0.29) is 12.2 Å². The monoisotopic (exact) mass is 346 g/mol. The van der Waals surface area contributed by atoms with Crippen LogP contribution in [0, 0.1) is 20.8 Å². The second-order valence-electron chi connectivity index (χ2n) is 5.60. The van der Waals surface area contributed by atoms with Crippen molar-refractivity contribution in [1.29, 1.82) is 0 Å². The summed E-state index contributed by atoms with van der Waals surface area (Å²) in [4.78, 5) is 16.2. The summed E-state index contributed by atoms with van der Waals surface area (Å²) in [6, 6.07) is 3.74. The number of rotatable bonds is 5. The molecule has 0 unspecified atom stereocenters. The topological polar surface area (TPSA) is 78.4 Å². The Labute approximate surface area is 143 Å². The van der Waals surface area contributed by atoms with Crippen LogP contribution >= 0.6 is 11.8 Å². The maximum Gasteiger partial charge on any atom is 0.339 e. The van der Waals surface area contributed by atoms with E-state index in [0.717, 1.165) is 16.5 Å². The van der Waals surface area contributed by atoms with Gasteiger partial charge in [-0.15, -0.1) is 0 Å². The molecule has 0 atom stereocenters. The van der Waals surface area contributed by atoms with E-state index in [1.165, 1.54) is 0 Å². The van der Waals surface area contributed by atoms with Gasteiger partial charge in [-0.2, -0.15) is 16.7 Å². The zero-order valence-corrected chi connectivity index (χ0v) is 14.8. The highest BCUT2D eigenvalue weighted by atomic mass is 32.2. The van der Waals surface area contributed by atoms with Crippen LogP contribution in [0.4, 0.5) is 0 Å². The van der Waals surface area contributed by atoms with Gasteiger partial charge < -0.3 is 13.7 Å². The third-order valence-corrected chi connectivity index (χ3v) is 4.34. The van der Waals surface area contributed by atoms with E-state index in [1.807, 2.05) is 32.2 Å². The van der Waals surface area contributed by atoms with Crippen LogP contribution in [0.25, 0.3) is 11.0 Å². The van der Waals surface area contributed by atoms with Gasteiger partial charge >= 0.3 is 5.63 Å². The summed E-state index contributed by atoms with van der Waals surface area (Å²) in [6.45, 7) is 5.72. The first-order valence-electron chi connectivity index (χ1n) is 7.47. The Hall–Kier alpha value is -2.28. The molecule has 0 aliphatic rings. The number of aromatic nitrogens is 2. The largest absolute Gasteiger partial charge is 0.483 e. The van der Waals surface area contributed by atoms with E-state index in [9.17, 15) is 4.79 Å². The molecule has 0 radical (unpaired) electrons. The van der Waals surface area contributed by atoms with Crippen molar-refractivity contribution in [3.63, 3.8) is 0 Å². The molecule has 0 saturated carbocycles. The van der Waals surface area contributed by atoms with Gasteiger partial charge in [0.2, 0.25) is 0 Å². The minimum absolute atomic E-state index is 0.164. The van der Waals surface area contributed by atoms with Crippen molar-refractivity contribution in [2.24, 2.45) is 0 Å². The number of hydrogen-bond acceptors (Lipinski definition) is 7. The summed E-state index contributed by atoms with van der Waals surface area (Å²) in [7, 11) is 0. The Morgan fingerprint density at radius 3 is 2.75 bits per heavy atom. The van der Waals surface area contributed by atoms with E-state index in [0.29, 0.717) is 34.4 Å². The fourth-order valence-corrected chi connectivity index (χ4v) is 2.85. The molecule has 3 aromatic rings. The molecule has 6 nitrogen and oxygen atoms in total. The smallest absolute Gasteiger partial charge is 0.339 e. The van der Waals surface area contributed by atoms with Gasteiger partial charge in [0.05, 0.1) is 11.1 Å². The van der Waals surface area contributed by atoms with E-state index in [1.54, 1.807) is 18.7 Å². The standard InChI is InChI=1S/C17H18N2O4S/c1-9-5-12(21-7-15-18-14(8-24-4)19-23-15)16-10(2)11(3)17(20)22-13(16)6-9/h5-6H,7-8H2,1-4H3. The molecule has 0 fully saturated rings. The van der Waals surface area contributed by atoms with Crippen molar-refractivity contribution >= 4 is 22.7 Å². The lowest BCUT2D eigenvalue weighted by molar-refractivity contribution is 0.244. The average Bonchev–Trinajstić information content (AvgIpc) is 2.98. The van der Waals surface area contributed by atoms with Crippen LogP contribution in [0.3, 0.4) is 0 Å². The molecule has 0 bridgehead atoms. The van der Waals surface area contributed by atoms with Crippen LogP contribution in [0.2, 0.25) is 0 Å². The van der Waals surface area contributed by atoms with Gasteiger partial charge in [0.1, 0.15) is 11.3 Å². The second-order valence-corrected chi connectivity index (χ2v) is 6.47. The Morgan fingerprint density at radius 2 is 2.00 bits per heavy atom. The van der Waals surface area contributed by atoms with Crippen molar-refractivity contribution in [3.8, 4) is 5.75 Å². The van der Waals surface area contributed by atoms with Gasteiger partial charge in [0.15, 0.2) is 12.4 Å². The zero-order valence-electron chi connectivity index (χ0n) is 14.0. The average molecular weight is 346 g/mol. The molecule has 126 valence electrons. The Morgan fingerprint density at radius 1 is 1.21 bits per heavy atom. The van der Waals surface area contributed by atoms with E-state index in [4.69, 9.17) is 13.7 Å². The van der Waals surface area contributed by atoms with Gasteiger partial charge in [-0.1, -0.05) is 5.16 Å². The second kappa shape index (κ2) is 6.68. The molecular formula is C17H18N2O4S. The summed E-state index contributed by atoms with van der Waals surface area (Å²) < 4.78 is 16.5. The Kier molecular flexibility index (Phi) is 4.62. The molecule has 0 aliphatic carbocycles. The number of hydrogen-bond donors (Lipinski definition) is 0. The Bertz CT molecular complexity index is 946. The molecule has 7 heteroatoms. The highest BCUT2D eigenvalue weighted by molar-refractivity contribution is 7.97. The number of benzene rings is 1. The first-order valence-corrected chi connectivity index (χ1v) is 8.87. The van der Waals surface area contributed by atoms with Crippen LogP contribution in [0.1, 0.15) is 28.4 Å². The van der Waals surface area contributed by atoms with Gasteiger partial charge in [0.25, 0.3) is 5.89 Å². The van der Waals surface area contributed by atoms with Gasteiger partial charge in [-0.25, -0.2) is 4.79 Å². The molecule has 1 aromatic carbocycles. The van der Waals surface area contributed by atoms with Crippen LogP contribution in [0.15, 0.2) is 25.9 Å². The van der Waals surface area contributed by atoms with Crippen LogP contribution in [0.5, 0.6) is 5.75 Å². The number of thioether (sulfide) groups is 1. The highest BCUT2D eigenvalue weighted by Crippen LogP contribution is 2.31. The lowest BCUT2D eigenvalue weighted by atomic mass is 10.0. The normalized spacial score (nSPS) is 11.2. The molecule has 0 saturated heterocycles. The maximum atomic E-state index is 11.9. The summed E-state index contributed by atoms with van der Waals surface area (Å²) in [6.07, 6.45) is 1.98. The fraction of sp³-hybridized carbons (Fsp3) is 0.353. The summed E-state index contributed by atoms with van der Waals surface area (Å²) in [5.41, 5.74) is 2.57. The van der Waals surface area contributed by atoms with Crippen molar-refractivity contribution in [1.82, 2.24) is 10.1 Å². The lowest BCUT2D eigenvalue weighted by Gasteiger charge is -2.11.